The minimum Gasteiger partial charge on any atom is -0.451 e. The van der Waals surface area contributed by atoms with Crippen molar-refractivity contribution in [1.82, 2.24) is 0 Å². The molecule has 0 spiro atoms. The topological polar surface area (TPSA) is 60.4 Å². The number of Topliss-reactive ketones (excluding diaryl/α,β-unsaturated/α-hetero) is 1. The third-order valence-electron chi connectivity index (χ3n) is 3.73. The van der Waals surface area contributed by atoms with Gasteiger partial charge in [-0.3, -0.25) is 9.59 Å². The summed E-state index contributed by atoms with van der Waals surface area (Å²) in [4.78, 5) is 35.0. The minimum absolute atomic E-state index is 0.244. The summed E-state index contributed by atoms with van der Waals surface area (Å²) in [6.45, 7) is 5.45. The number of aryl methyl sites for hydroxylation is 2. The Morgan fingerprint density at radius 2 is 1.57 bits per heavy atom. The van der Waals surface area contributed by atoms with Crippen molar-refractivity contribution < 1.29 is 19.1 Å². The highest BCUT2D eigenvalue weighted by Crippen LogP contribution is 2.14. The fourth-order valence-electron chi connectivity index (χ4n) is 2.11. The van der Waals surface area contributed by atoms with Crippen LogP contribution in [0.1, 0.15) is 49.1 Å². The van der Waals surface area contributed by atoms with Gasteiger partial charge in [0.2, 0.25) is 5.78 Å². The maximum atomic E-state index is 12.4. The number of aldehydes is 1. The number of benzene rings is 2. The highest BCUT2D eigenvalue weighted by atomic mass is 16.5. The van der Waals surface area contributed by atoms with E-state index in [1.54, 1.807) is 19.1 Å². The Bertz CT molecular complexity index is 744. The molecule has 0 bridgehead atoms. The van der Waals surface area contributed by atoms with E-state index < -0.39 is 12.1 Å². The molecular weight excluding hydrogens is 292 g/mol. The van der Waals surface area contributed by atoms with Crippen molar-refractivity contribution in [3.63, 3.8) is 0 Å². The van der Waals surface area contributed by atoms with Crippen LogP contribution in [0.4, 0.5) is 0 Å². The number of carbonyl (C=O) groups is 3. The monoisotopic (exact) mass is 310 g/mol. The Morgan fingerprint density at radius 1 is 0.957 bits per heavy atom. The molecule has 1 atom stereocenters. The zero-order valence-electron chi connectivity index (χ0n) is 13.3. The number of hydrogen-bond acceptors (Lipinski definition) is 4. The summed E-state index contributed by atoms with van der Waals surface area (Å²) in [5, 5.41) is 0. The van der Waals surface area contributed by atoms with Gasteiger partial charge < -0.3 is 4.74 Å². The van der Waals surface area contributed by atoms with Crippen molar-refractivity contribution >= 4 is 18.0 Å². The molecule has 118 valence electrons. The molecule has 0 aliphatic carbocycles. The van der Waals surface area contributed by atoms with Crippen molar-refractivity contribution in [2.45, 2.75) is 26.9 Å². The van der Waals surface area contributed by atoms with Gasteiger partial charge in [0.05, 0.1) is 5.56 Å². The van der Waals surface area contributed by atoms with E-state index in [0.29, 0.717) is 23.0 Å². The largest absolute Gasteiger partial charge is 0.451 e. The Morgan fingerprint density at radius 3 is 2.13 bits per heavy atom. The molecule has 0 heterocycles. The van der Waals surface area contributed by atoms with Gasteiger partial charge in [-0.1, -0.05) is 24.3 Å². The lowest BCUT2D eigenvalue weighted by Gasteiger charge is -2.13. The first-order chi connectivity index (χ1) is 10.9. The summed E-state index contributed by atoms with van der Waals surface area (Å²) in [7, 11) is 0. The standard InChI is InChI=1S/C19H18O4/c1-12-4-7-17(10-13(12)2)18(21)14(3)23-19(22)16-8-5-15(11-20)6-9-16/h4-11,14H,1-3H3/t14-/m1/s1. The molecule has 0 aromatic heterocycles. The molecule has 0 saturated carbocycles. The van der Waals surface area contributed by atoms with Gasteiger partial charge in [0.15, 0.2) is 6.10 Å². The molecule has 0 amide bonds. The zero-order chi connectivity index (χ0) is 17.0. The van der Waals surface area contributed by atoms with Gasteiger partial charge >= 0.3 is 5.97 Å². The first kappa shape index (κ1) is 16.6. The molecule has 0 unspecified atom stereocenters. The van der Waals surface area contributed by atoms with Crippen LogP contribution in [0.3, 0.4) is 0 Å². The molecule has 2 rings (SSSR count). The second-order valence-electron chi connectivity index (χ2n) is 5.45. The van der Waals surface area contributed by atoms with Crippen LogP contribution in [-0.2, 0) is 4.74 Å². The Hall–Kier alpha value is -2.75. The molecule has 0 N–H and O–H groups in total. The molecule has 4 nitrogen and oxygen atoms in total. The molecule has 23 heavy (non-hydrogen) atoms. The zero-order valence-corrected chi connectivity index (χ0v) is 13.3. The summed E-state index contributed by atoms with van der Waals surface area (Å²) >= 11 is 0. The molecule has 2 aromatic carbocycles. The molecular formula is C19H18O4. The van der Waals surface area contributed by atoms with Gasteiger partial charge in [0.1, 0.15) is 6.29 Å². The van der Waals surface area contributed by atoms with Crippen LogP contribution in [0, 0.1) is 13.8 Å². The molecule has 0 aliphatic heterocycles. The van der Waals surface area contributed by atoms with Crippen molar-refractivity contribution in [2.24, 2.45) is 0 Å². The van der Waals surface area contributed by atoms with E-state index in [9.17, 15) is 14.4 Å². The van der Waals surface area contributed by atoms with Crippen LogP contribution < -0.4 is 0 Å². The van der Waals surface area contributed by atoms with Crippen molar-refractivity contribution in [2.75, 3.05) is 0 Å². The Balaban J connectivity index is 2.08. The van der Waals surface area contributed by atoms with E-state index in [1.807, 2.05) is 19.9 Å². The molecule has 2 aromatic rings. The van der Waals surface area contributed by atoms with Gasteiger partial charge in [-0.25, -0.2) is 4.79 Å². The van der Waals surface area contributed by atoms with Crippen molar-refractivity contribution in [3.8, 4) is 0 Å². The van der Waals surface area contributed by atoms with Gasteiger partial charge in [-0.05, 0) is 50.1 Å². The minimum atomic E-state index is -0.879. The summed E-state index contributed by atoms with van der Waals surface area (Å²) in [6.07, 6.45) is -0.184. The molecule has 0 fully saturated rings. The average molecular weight is 310 g/mol. The van der Waals surface area contributed by atoms with Gasteiger partial charge in [-0.15, -0.1) is 0 Å². The SMILES string of the molecule is Cc1ccc(C(=O)[C@@H](C)OC(=O)c2ccc(C=O)cc2)cc1C. The van der Waals surface area contributed by atoms with Crippen LogP contribution in [0.5, 0.6) is 0 Å². The van der Waals surface area contributed by atoms with E-state index in [1.165, 1.54) is 24.3 Å². The van der Waals surface area contributed by atoms with Crippen molar-refractivity contribution in [3.05, 3.63) is 70.3 Å². The summed E-state index contributed by atoms with van der Waals surface area (Å²) in [6, 6.07) is 11.4. The highest BCUT2D eigenvalue weighted by molar-refractivity contribution is 6.01. The average Bonchev–Trinajstić information content (AvgIpc) is 2.56. The molecule has 4 heteroatoms. The molecule has 0 radical (unpaired) electrons. The Kier molecular flexibility index (Phi) is 5.06. The lowest BCUT2D eigenvalue weighted by Crippen LogP contribution is -2.24. The van der Waals surface area contributed by atoms with Crippen LogP contribution in [-0.4, -0.2) is 24.1 Å². The van der Waals surface area contributed by atoms with E-state index in [4.69, 9.17) is 4.74 Å². The number of carbonyl (C=O) groups excluding carboxylic acids is 3. The highest BCUT2D eigenvalue weighted by Gasteiger charge is 2.20. The predicted molar refractivity (Wildman–Crippen MR) is 87.0 cm³/mol. The Labute approximate surface area is 135 Å². The van der Waals surface area contributed by atoms with Crippen LogP contribution >= 0.6 is 0 Å². The maximum Gasteiger partial charge on any atom is 0.338 e. The number of esters is 1. The quantitative estimate of drug-likeness (QED) is 0.481. The first-order valence-corrected chi connectivity index (χ1v) is 7.30. The third-order valence-corrected chi connectivity index (χ3v) is 3.73. The number of ketones is 1. The normalized spacial score (nSPS) is 11.6. The summed E-state index contributed by atoms with van der Waals surface area (Å²) in [5.41, 5.74) is 3.40. The number of hydrogen-bond donors (Lipinski definition) is 0. The van der Waals surface area contributed by atoms with E-state index in [2.05, 4.69) is 0 Å². The van der Waals surface area contributed by atoms with Gasteiger partial charge in [0, 0.05) is 11.1 Å². The van der Waals surface area contributed by atoms with Gasteiger partial charge in [-0.2, -0.15) is 0 Å². The fraction of sp³-hybridized carbons (Fsp3) is 0.211. The van der Waals surface area contributed by atoms with E-state index in [-0.39, 0.29) is 5.78 Å². The van der Waals surface area contributed by atoms with Crippen LogP contribution in [0.2, 0.25) is 0 Å². The lowest BCUT2D eigenvalue weighted by atomic mass is 10.0. The maximum absolute atomic E-state index is 12.4. The third kappa shape index (κ3) is 3.92. The molecule has 0 aliphatic rings. The van der Waals surface area contributed by atoms with E-state index >= 15 is 0 Å². The van der Waals surface area contributed by atoms with Crippen LogP contribution in [0.15, 0.2) is 42.5 Å². The second-order valence-corrected chi connectivity index (χ2v) is 5.45. The number of ether oxygens (including phenoxy) is 1. The van der Waals surface area contributed by atoms with Crippen LogP contribution in [0.25, 0.3) is 0 Å². The summed E-state index contributed by atoms with van der Waals surface area (Å²) < 4.78 is 5.22. The smallest absolute Gasteiger partial charge is 0.338 e. The van der Waals surface area contributed by atoms with Gasteiger partial charge in [0.25, 0.3) is 0 Å². The van der Waals surface area contributed by atoms with Crippen molar-refractivity contribution in [1.29, 1.82) is 0 Å². The second kappa shape index (κ2) is 7.01. The predicted octanol–water partition coefficient (Wildman–Crippen LogP) is 3.54. The van der Waals surface area contributed by atoms with E-state index in [0.717, 1.165) is 11.1 Å². The lowest BCUT2D eigenvalue weighted by molar-refractivity contribution is 0.0318. The first-order valence-electron chi connectivity index (χ1n) is 7.30. The fourth-order valence-corrected chi connectivity index (χ4v) is 2.11. The summed E-state index contributed by atoms with van der Waals surface area (Å²) in [5.74, 6) is -0.835. The molecule has 0 saturated heterocycles. The number of rotatable bonds is 5.